The molecule has 44 heavy (non-hydrogen) atoms. The zero-order valence-corrected chi connectivity index (χ0v) is 24.4. The highest BCUT2D eigenvalue weighted by Crippen LogP contribution is 2.37. The number of aromatic amines is 1. The van der Waals surface area contributed by atoms with Gasteiger partial charge in [-0.25, -0.2) is 9.78 Å². The lowest BCUT2D eigenvalue weighted by Crippen LogP contribution is -2.52. The van der Waals surface area contributed by atoms with Gasteiger partial charge in [0.1, 0.15) is 18.4 Å². The first-order valence-corrected chi connectivity index (χ1v) is 14.8. The normalized spacial score (nSPS) is 14.1. The number of imidazole rings is 1. The van der Waals surface area contributed by atoms with Gasteiger partial charge in [-0.1, -0.05) is 79.2 Å². The van der Waals surface area contributed by atoms with Crippen LogP contribution in [-0.4, -0.2) is 50.5 Å². The van der Waals surface area contributed by atoms with Gasteiger partial charge >= 0.3 is 6.09 Å². The number of hydrogen-bond acceptors (Lipinski definition) is 5. The molecule has 3 aromatic carbocycles. The van der Waals surface area contributed by atoms with Gasteiger partial charge in [0, 0.05) is 24.9 Å². The standard InChI is InChI=1S/C34H37N5O5/c40-31(38-32(27-12-7-13-27)26-10-5-2-6-11-26)21-39(33(41)30(37-34(42)43)18-28-19-35-23-36-28)20-24-14-16-29(17-15-24)44-22-25-8-3-1-4-9-25/h1-6,8-11,14-17,19,23,27,30,32,37H,7,12-13,18,20-22H2,(H,35,36)(H,38,40)(H,42,43). The number of carbonyl (C=O) groups excluding carboxylic acids is 2. The molecule has 1 fully saturated rings. The summed E-state index contributed by atoms with van der Waals surface area (Å²) >= 11 is 0. The number of rotatable bonds is 14. The van der Waals surface area contributed by atoms with Gasteiger partial charge in [-0.3, -0.25) is 9.59 Å². The van der Waals surface area contributed by atoms with Crippen molar-refractivity contribution in [1.29, 1.82) is 0 Å². The van der Waals surface area contributed by atoms with Crippen molar-refractivity contribution in [2.45, 2.75) is 50.9 Å². The fraction of sp³-hybridized carbons (Fsp3) is 0.294. The van der Waals surface area contributed by atoms with Crippen LogP contribution in [0.1, 0.15) is 47.7 Å². The molecule has 2 atom stereocenters. The van der Waals surface area contributed by atoms with Crippen LogP contribution in [0, 0.1) is 5.92 Å². The number of nitrogens with one attached hydrogen (secondary N) is 3. The molecule has 4 N–H and O–H groups in total. The van der Waals surface area contributed by atoms with Crippen LogP contribution in [0.3, 0.4) is 0 Å². The molecule has 10 heteroatoms. The van der Waals surface area contributed by atoms with Gasteiger partial charge in [0.05, 0.1) is 18.9 Å². The minimum atomic E-state index is -1.33. The third kappa shape index (κ3) is 8.47. The van der Waals surface area contributed by atoms with Crippen LogP contribution < -0.4 is 15.4 Å². The summed E-state index contributed by atoms with van der Waals surface area (Å²) in [6.07, 6.45) is 4.90. The van der Waals surface area contributed by atoms with E-state index in [-0.39, 0.29) is 31.5 Å². The summed E-state index contributed by atoms with van der Waals surface area (Å²) in [5.41, 5.74) is 3.44. The number of carbonyl (C=O) groups is 3. The molecule has 0 saturated heterocycles. The maximum atomic E-state index is 13.9. The number of amides is 3. The van der Waals surface area contributed by atoms with E-state index in [1.807, 2.05) is 84.9 Å². The van der Waals surface area contributed by atoms with Crippen LogP contribution in [0.5, 0.6) is 5.75 Å². The van der Waals surface area contributed by atoms with Crippen LogP contribution in [0.4, 0.5) is 4.79 Å². The molecule has 4 aromatic rings. The van der Waals surface area contributed by atoms with Crippen LogP contribution in [0.15, 0.2) is 97.5 Å². The lowest BCUT2D eigenvalue weighted by Gasteiger charge is -2.35. The molecule has 1 heterocycles. The van der Waals surface area contributed by atoms with E-state index in [0.717, 1.165) is 36.0 Å². The first kappa shape index (κ1) is 30.3. The minimum absolute atomic E-state index is 0.0598. The van der Waals surface area contributed by atoms with E-state index in [1.165, 1.54) is 17.4 Å². The number of nitrogens with zero attached hydrogens (tertiary/aromatic N) is 2. The second kappa shape index (κ2) is 14.9. The number of H-pyrrole nitrogens is 1. The molecule has 1 aliphatic rings. The minimum Gasteiger partial charge on any atom is -0.489 e. The first-order valence-electron chi connectivity index (χ1n) is 14.8. The van der Waals surface area contributed by atoms with Gasteiger partial charge in [0.2, 0.25) is 11.8 Å². The lowest BCUT2D eigenvalue weighted by atomic mass is 9.77. The van der Waals surface area contributed by atoms with Gasteiger partial charge in [0.25, 0.3) is 0 Å². The summed E-state index contributed by atoms with van der Waals surface area (Å²) in [7, 11) is 0. The number of hydrogen-bond donors (Lipinski definition) is 4. The van der Waals surface area contributed by atoms with Crippen molar-refractivity contribution in [2.75, 3.05) is 6.54 Å². The van der Waals surface area contributed by atoms with Gasteiger partial charge in [-0.05, 0) is 47.6 Å². The molecule has 1 aromatic heterocycles. The average Bonchev–Trinajstić information content (AvgIpc) is 3.52. The van der Waals surface area contributed by atoms with Crippen molar-refractivity contribution in [1.82, 2.24) is 25.5 Å². The Balaban J connectivity index is 1.32. The molecule has 0 bridgehead atoms. The van der Waals surface area contributed by atoms with Crippen molar-refractivity contribution in [3.63, 3.8) is 0 Å². The van der Waals surface area contributed by atoms with Crippen molar-refractivity contribution < 1.29 is 24.2 Å². The van der Waals surface area contributed by atoms with Gasteiger partial charge < -0.3 is 30.4 Å². The highest BCUT2D eigenvalue weighted by Gasteiger charge is 2.32. The predicted molar refractivity (Wildman–Crippen MR) is 165 cm³/mol. The Labute approximate surface area is 256 Å². The van der Waals surface area contributed by atoms with E-state index in [0.29, 0.717) is 24.0 Å². The van der Waals surface area contributed by atoms with E-state index in [2.05, 4.69) is 20.6 Å². The molecule has 1 aliphatic carbocycles. The van der Waals surface area contributed by atoms with Gasteiger partial charge in [-0.2, -0.15) is 0 Å². The van der Waals surface area contributed by atoms with Crippen LogP contribution >= 0.6 is 0 Å². The number of aromatic nitrogens is 2. The maximum absolute atomic E-state index is 13.9. The van der Waals surface area contributed by atoms with E-state index in [4.69, 9.17) is 4.74 Å². The van der Waals surface area contributed by atoms with E-state index in [1.54, 1.807) is 0 Å². The number of carboxylic acid groups (broad SMARTS) is 1. The quantitative estimate of drug-likeness (QED) is 0.165. The molecule has 10 nitrogen and oxygen atoms in total. The molecule has 0 spiro atoms. The van der Waals surface area contributed by atoms with Crippen LogP contribution in [-0.2, 0) is 29.2 Å². The Morgan fingerprint density at radius 1 is 0.932 bits per heavy atom. The summed E-state index contributed by atoms with van der Waals surface area (Å²) in [5, 5.41) is 15.0. The molecule has 0 radical (unpaired) electrons. The lowest BCUT2D eigenvalue weighted by molar-refractivity contribution is -0.138. The number of benzene rings is 3. The second-order valence-corrected chi connectivity index (χ2v) is 11.0. The highest BCUT2D eigenvalue weighted by molar-refractivity contribution is 5.89. The average molecular weight is 596 g/mol. The monoisotopic (exact) mass is 595 g/mol. The zero-order valence-electron chi connectivity index (χ0n) is 24.4. The first-order chi connectivity index (χ1) is 21.4. The Kier molecular flexibility index (Phi) is 10.2. The molecule has 0 aliphatic heterocycles. The zero-order chi connectivity index (χ0) is 30.7. The van der Waals surface area contributed by atoms with E-state index >= 15 is 0 Å². The molecule has 228 valence electrons. The molecular formula is C34H37N5O5. The SMILES string of the molecule is O=C(O)NC(Cc1cnc[nH]1)C(=O)N(CC(=O)NC(c1ccccc1)C1CCC1)Cc1ccc(OCc2ccccc2)cc1. The molecule has 2 unspecified atom stereocenters. The molecule has 1 saturated carbocycles. The topological polar surface area (TPSA) is 137 Å². The second-order valence-electron chi connectivity index (χ2n) is 11.0. The third-order valence-electron chi connectivity index (χ3n) is 7.86. The summed E-state index contributed by atoms with van der Waals surface area (Å²) in [6.45, 7) is 0.290. The number of ether oxygens (including phenoxy) is 1. The highest BCUT2D eigenvalue weighted by atomic mass is 16.5. The van der Waals surface area contributed by atoms with Gasteiger partial charge in [0.15, 0.2) is 0 Å². The molecule has 5 rings (SSSR count). The summed E-state index contributed by atoms with van der Waals surface area (Å²) in [6, 6.07) is 25.7. The summed E-state index contributed by atoms with van der Waals surface area (Å²) in [4.78, 5) is 47.4. The Morgan fingerprint density at radius 3 is 2.25 bits per heavy atom. The van der Waals surface area contributed by atoms with E-state index < -0.39 is 18.0 Å². The molecule has 3 amide bonds. The fourth-order valence-electron chi connectivity index (χ4n) is 5.35. The molecular weight excluding hydrogens is 558 g/mol. The van der Waals surface area contributed by atoms with Crippen molar-refractivity contribution in [3.8, 4) is 5.75 Å². The predicted octanol–water partition coefficient (Wildman–Crippen LogP) is 4.85. The van der Waals surface area contributed by atoms with Crippen LogP contribution in [0.2, 0.25) is 0 Å². The Bertz CT molecular complexity index is 1490. The van der Waals surface area contributed by atoms with Gasteiger partial charge in [-0.15, -0.1) is 0 Å². The smallest absolute Gasteiger partial charge is 0.405 e. The van der Waals surface area contributed by atoms with Crippen molar-refractivity contribution >= 4 is 17.9 Å². The summed E-state index contributed by atoms with van der Waals surface area (Å²) < 4.78 is 5.90. The summed E-state index contributed by atoms with van der Waals surface area (Å²) in [5.74, 6) is 0.179. The Morgan fingerprint density at radius 2 is 1.64 bits per heavy atom. The largest absolute Gasteiger partial charge is 0.489 e. The van der Waals surface area contributed by atoms with Crippen molar-refractivity contribution in [2.24, 2.45) is 5.92 Å². The van der Waals surface area contributed by atoms with Crippen LogP contribution in [0.25, 0.3) is 0 Å². The fourth-order valence-corrected chi connectivity index (χ4v) is 5.35. The van der Waals surface area contributed by atoms with Crippen molar-refractivity contribution in [3.05, 3.63) is 120 Å². The Hall–Kier alpha value is -5.12. The van der Waals surface area contributed by atoms with E-state index in [9.17, 15) is 19.5 Å². The third-order valence-corrected chi connectivity index (χ3v) is 7.86. The maximum Gasteiger partial charge on any atom is 0.405 e.